The van der Waals surface area contributed by atoms with Crippen LogP contribution in [0.25, 0.3) is 0 Å². The summed E-state index contributed by atoms with van der Waals surface area (Å²) < 4.78 is 8.91. The third-order valence-corrected chi connectivity index (χ3v) is 4.88. The van der Waals surface area contributed by atoms with Gasteiger partial charge >= 0.3 is 6.03 Å². The summed E-state index contributed by atoms with van der Waals surface area (Å²) in [5, 5.41) is 5.23. The number of urea groups is 1. The Balaban J connectivity index is 1.85. The van der Waals surface area contributed by atoms with Gasteiger partial charge in [0.15, 0.2) is 0 Å². The summed E-state index contributed by atoms with van der Waals surface area (Å²) in [5.41, 5.74) is 1.17. The quantitative estimate of drug-likeness (QED) is 0.324. The fourth-order valence-electron chi connectivity index (χ4n) is 3.18. The van der Waals surface area contributed by atoms with Crippen LogP contribution >= 0.6 is 22.9 Å². The van der Waals surface area contributed by atoms with E-state index in [0.717, 1.165) is 24.1 Å². The molecule has 0 spiro atoms. The van der Waals surface area contributed by atoms with Crippen LogP contribution in [0.5, 0.6) is 0 Å². The highest BCUT2D eigenvalue weighted by Gasteiger charge is 2.42. The van der Waals surface area contributed by atoms with Gasteiger partial charge in [0.05, 0.1) is 23.8 Å². The maximum atomic E-state index is 12.2. The standard InChI is InChI=1S/C14H20IN7O2/c1-14(2)10-7-17-12(22(16)9-3-5-24-6-4-9)18-11(10)8-21(14)13(23)19-20-15/h7,9H,3-6,8,16H2,1-2H3. The topological polar surface area (TPSA) is 109 Å². The molecule has 2 aliphatic heterocycles. The molecule has 0 aliphatic carbocycles. The largest absolute Gasteiger partial charge is 0.381 e. The SMILES string of the molecule is CC1(C)c2cnc(N(N)C3CCOCC3)nc2CN1C(=O)N=NI. The minimum absolute atomic E-state index is 0.164. The minimum Gasteiger partial charge on any atom is -0.381 e. The van der Waals surface area contributed by atoms with Gasteiger partial charge in [0.1, 0.15) is 22.9 Å². The summed E-state index contributed by atoms with van der Waals surface area (Å²) in [6, 6.07) is -0.222. The number of amides is 2. The predicted octanol–water partition coefficient (Wildman–Crippen LogP) is 2.31. The smallest absolute Gasteiger partial charge is 0.363 e. The monoisotopic (exact) mass is 445 g/mol. The lowest BCUT2D eigenvalue weighted by Crippen LogP contribution is -2.45. The highest BCUT2D eigenvalue weighted by atomic mass is 127. The number of hydrazine groups is 1. The van der Waals surface area contributed by atoms with E-state index in [1.807, 2.05) is 13.8 Å². The molecular formula is C14H20IN7O2. The first kappa shape index (κ1) is 17.4. The summed E-state index contributed by atoms with van der Waals surface area (Å²) in [7, 11) is 0. The number of anilines is 1. The van der Waals surface area contributed by atoms with Crippen molar-refractivity contribution in [3.63, 3.8) is 0 Å². The molecule has 2 aliphatic rings. The zero-order valence-corrected chi connectivity index (χ0v) is 15.8. The number of hydrogen-bond donors (Lipinski definition) is 1. The average molecular weight is 445 g/mol. The molecule has 3 heterocycles. The van der Waals surface area contributed by atoms with Gasteiger partial charge in [-0.1, -0.05) is 5.11 Å². The second kappa shape index (κ2) is 6.84. The summed E-state index contributed by atoms with van der Waals surface area (Å²) in [4.78, 5) is 22.8. The van der Waals surface area contributed by atoms with Crippen LogP contribution in [-0.2, 0) is 16.8 Å². The summed E-state index contributed by atoms with van der Waals surface area (Å²) in [6.45, 7) is 5.65. The van der Waals surface area contributed by atoms with Gasteiger partial charge in [-0.15, -0.1) is 3.33 Å². The molecule has 0 saturated carbocycles. The molecule has 2 N–H and O–H groups in total. The van der Waals surface area contributed by atoms with E-state index in [9.17, 15) is 4.79 Å². The maximum absolute atomic E-state index is 12.2. The first-order valence-electron chi connectivity index (χ1n) is 7.77. The van der Waals surface area contributed by atoms with Crippen molar-refractivity contribution in [1.82, 2.24) is 14.9 Å². The Kier molecular flexibility index (Phi) is 4.97. The van der Waals surface area contributed by atoms with E-state index in [1.54, 1.807) is 39.0 Å². The van der Waals surface area contributed by atoms with Crippen molar-refractivity contribution < 1.29 is 9.53 Å². The van der Waals surface area contributed by atoms with Crippen LogP contribution in [0.4, 0.5) is 10.7 Å². The first-order chi connectivity index (χ1) is 11.4. The number of nitrogens with zero attached hydrogens (tertiary/aromatic N) is 6. The van der Waals surface area contributed by atoms with Crippen LogP contribution in [-0.4, -0.2) is 40.2 Å². The molecule has 1 aromatic rings. The Morgan fingerprint density at radius 3 is 2.88 bits per heavy atom. The Hall–Kier alpha value is -1.40. The maximum Gasteiger partial charge on any atom is 0.363 e. The number of carbonyl (C=O) groups is 1. The van der Waals surface area contributed by atoms with E-state index < -0.39 is 5.54 Å². The number of fused-ring (bicyclic) bond motifs is 1. The second-order valence-corrected chi connectivity index (χ2v) is 6.82. The number of ether oxygens (including phenoxy) is 1. The molecule has 2 amide bonds. The van der Waals surface area contributed by atoms with E-state index >= 15 is 0 Å². The number of carbonyl (C=O) groups excluding carboxylic acids is 1. The number of rotatable bonds is 2. The number of nitrogens with two attached hydrogens (primary N) is 1. The van der Waals surface area contributed by atoms with Crippen molar-refractivity contribution >= 4 is 34.8 Å². The molecule has 24 heavy (non-hydrogen) atoms. The lowest BCUT2D eigenvalue weighted by Gasteiger charge is -2.31. The predicted molar refractivity (Wildman–Crippen MR) is 95.4 cm³/mol. The van der Waals surface area contributed by atoms with Crippen LogP contribution in [0.1, 0.15) is 37.9 Å². The molecule has 0 aromatic carbocycles. The van der Waals surface area contributed by atoms with Gasteiger partial charge in [0.2, 0.25) is 5.95 Å². The van der Waals surface area contributed by atoms with Gasteiger partial charge in [0, 0.05) is 25.0 Å². The van der Waals surface area contributed by atoms with Gasteiger partial charge in [0.25, 0.3) is 0 Å². The Morgan fingerprint density at radius 1 is 1.50 bits per heavy atom. The van der Waals surface area contributed by atoms with E-state index in [-0.39, 0.29) is 12.1 Å². The second-order valence-electron chi connectivity index (χ2n) is 6.38. The van der Waals surface area contributed by atoms with Gasteiger partial charge in [-0.25, -0.2) is 20.6 Å². The third-order valence-electron chi connectivity index (χ3n) is 4.67. The summed E-state index contributed by atoms with van der Waals surface area (Å²) >= 11 is 1.69. The number of hydrogen-bond acceptors (Lipinski definition) is 7. The van der Waals surface area contributed by atoms with E-state index in [0.29, 0.717) is 25.7 Å². The Morgan fingerprint density at radius 2 is 2.21 bits per heavy atom. The van der Waals surface area contributed by atoms with Crippen LogP contribution in [0.2, 0.25) is 0 Å². The Labute approximate surface area is 154 Å². The highest BCUT2D eigenvalue weighted by Crippen LogP contribution is 2.38. The fourth-order valence-corrected chi connectivity index (χ4v) is 3.36. The minimum atomic E-state index is -0.534. The van der Waals surface area contributed by atoms with E-state index in [2.05, 4.69) is 18.4 Å². The van der Waals surface area contributed by atoms with Gasteiger partial charge < -0.3 is 9.64 Å². The highest BCUT2D eigenvalue weighted by molar-refractivity contribution is 14.1. The molecule has 1 aromatic heterocycles. The molecule has 1 saturated heterocycles. The zero-order chi connectivity index (χ0) is 17.3. The van der Waals surface area contributed by atoms with Crippen molar-refractivity contribution in [2.75, 3.05) is 18.2 Å². The number of halogens is 1. The summed E-state index contributed by atoms with van der Waals surface area (Å²) in [5.74, 6) is 6.68. The molecule has 0 radical (unpaired) electrons. The first-order valence-corrected chi connectivity index (χ1v) is 8.73. The van der Waals surface area contributed by atoms with Crippen LogP contribution < -0.4 is 10.9 Å². The lowest BCUT2D eigenvalue weighted by molar-refractivity contribution is 0.0841. The molecule has 3 rings (SSSR count). The van der Waals surface area contributed by atoms with Crippen LogP contribution in [0.3, 0.4) is 0 Å². The molecule has 0 bridgehead atoms. The lowest BCUT2D eigenvalue weighted by atomic mass is 9.97. The average Bonchev–Trinajstić information content (AvgIpc) is 2.86. The molecule has 0 atom stereocenters. The fraction of sp³-hybridized carbons (Fsp3) is 0.643. The Bertz CT molecular complexity index is 661. The van der Waals surface area contributed by atoms with Crippen molar-refractivity contribution in [2.45, 2.75) is 44.8 Å². The normalized spacial score (nSPS) is 20.4. The zero-order valence-electron chi connectivity index (χ0n) is 13.6. The van der Waals surface area contributed by atoms with Crippen molar-refractivity contribution in [2.24, 2.45) is 14.3 Å². The van der Waals surface area contributed by atoms with Crippen molar-refractivity contribution in [3.05, 3.63) is 17.5 Å². The van der Waals surface area contributed by atoms with Gasteiger partial charge in [-0.05, 0) is 26.7 Å². The van der Waals surface area contributed by atoms with Crippen LogP contribution in [0, 0.1) is 0 Å². The summed E-state index contributed by atoms with van der Waals surface area (Å²) in [6.07, 6.45) is 3.46. The molecule has 0 unspecified atom stereocenters. The molecule has 10 heteroatoms. The molecular weight excluding hydrogens is 425 g/mol. The molecule has 1 fully saturated rings. The van der Waals surface area contributed by atoms with E-state index in [1.165, 1.54) is 0 Å². The van der Waals surface area contributed by atoms with Crippen LogP contribution in [0.15, 0.2) is 14.6 Å². The van der Waals surface area contributed by atoms with Gasteiger partial charge in [-0.2, -0.15) is 0 Å². The molecule has 9 nitrogen and oxygen atoms in total. The number of aromatic nitrogens is 2. The third kappa shape index (κ3) is 3.09. The van der Waals surface area contributed by atoms with Crippen molar-refractivity contribution in [3.8, 4) is 0 Å². The van der Waals surface area contributed by atoms with Crippen molar-refractivity contribution in [1.29, 1.82) is 0 Å². The molecule has 130 valence electrons. The van der Waals surface area contributed by atoms with E-state index in [4.69, 9.17) is 10.6 Å². The van der Waals surface area contributed by atoms with Gasteiger partial charge in [-0.3, -0.25) is 5.01 Å².